The third-order valence-corrected chi connectivity index (χ3v) is 3.38. The lowest BCUT2D eigenvalue weighted by molar-refractivity contribution is 0.569. The lowest BCUT2D eigenvalue weighted by atomic mass is 10.1. The van der Waals surface area contributed by atoms with E-state index >= 15 is 0 Å². The van der Waals surface area contributed by atoms with Crippen molar-refractivity contribution in [1.29, 1.82) is 0 Å². The highest BCUT2D eigenvalue weighted by molar-refractivity contribution is 5.52. The molecule has 2 aromatic heterocycles. The summed E-state index contributed by atoms with van der Waals surface area (Å²) in [6.45, 7) is 6.23. The van der Waals surface area contributed by atoms with Crippen LogP contribution in [0.2, 0.25) is 0 Å². The molecule has 0 amide bonds. The molecule has 1 fully saturated rings. The van der Waals surface area contributed by atoms with Crippen LogP contribution in [-0.4, -0.2) is 32.9 Å². The summed E-state index contributed by atoms with van der Waals surface area (Å²) in [5.41, 5.74) is 2.00. The molecule has 2 aromatic rings. The van der Waals surface area contributed by atoms with Crippen molar-refractivity contribution in [2.24, 2.45) is 0 Å². The topological polar surface area (TPSA) is 46.3 Å². The largest absolute Gasteiger partial charge is 0.355 e. The van der Waals surface area contributed by atoms with Crippen molar-refractivity contribution in [3.8, 4) is 0 Å². The standard InChI is InChI=1S/C12H17N5/c1-9-8-11(16-6-4-3-5-7-16)15-17-10(2)13-14-12(9)17/h8H,3-7H2,1-2H3. The Morgan fingerprint density at radius 3 is 2.59 bits per heavy atom. The molecule has 90 valence electrons. The van der Waals surface area contributed by atoms with Crippen LogP contribution < -0.4 is 4.90 Å². The van der Waals surface area contributed by atoms with Crippen molar-refractivity contribution in [2.45, 2.75) is 33.1 Å². The van der Waals surface area contributed by atoms with Gasteiger partial charge in [0.25, 0.3) is 0 Å². The van der Waals surface area contributed by atoms with E-state index < -0.39 is 0 Å². The van der Waals surface area contributed by atoms with Crippen LogP contribution in [0.4, 0.5) is 5.82 Å². The van der Waals surface area contributed by atoms with E-state index in [0.29, 0.717) is 0 Å². The Morgan fingerprint density at radius 2 is 1.82 bits per heavy atom. The number of nitrogens with zero attached hydrogens (tertiary/aromatic N) is 5. The van der Waals surface area contributed by atoms with Crippen molar-refractivity contribution >= 4 is 11.5 Å². The second-order valence-electron chi connectivity index (χ2n) is 4.72. The molecule has 0 aromatic carbocycles. The number of aromatic nitrogens is 4. The van der Waals surface area contributed by atoms with Crippen molar-refractivity contribution in [3.63, 3.8) is 0 Å². The van der Waals surface area contributed by atoms with E-state index in [2.05, 4.69) is 33.2 Å². The maximum atomic E-state index is 4.64. The zero-order valence-electron chi connectivity index (χ0n) is 10.3. The van der Waals surface area contributed by atoms with Crippen molar-refractivity contribution < 1.29 is 0 Å². The minimum absolute atomic E-state index is 0.849. The molecule has 1 aliphatic rings. The quantitative estimate of drug-likeness (QED) is 0.750. The van der Waals surface area contributed by atoms with Gasteiger partial charge >= 0.3 is 0 Å². The summed E-state index contributed by atoms with van der Waals surface area (Å²) in [4.78, 5) is 2.36. The van der Waals surface area contributed by atoms with Crippen LogP contribution in [0.1, 0.15) is 30.7 Å². The Kier molecular flexibility index (Phi) is 2.46. The lowest BCUT2D eigenvalue weighted by Gasteiger charge is -2.27. The summed E-state index contributed by atoms with van der Waals surface area (Å²) in [5.74, 6) is 1.90. The predicted molar refractivity (Wildman–Crippen MR) is 66.3 cm³/mol. The molecule has 1 saturated heterocycles. The Morgan fingerprint density at radius 1 is 1.06 bits per heavy atom. The SMILES string of the molecule is Cc1cc(N2CCCCC2)nn2c(C)nnc12. The first-order valence-corrected chi connectivity index (χ1v) is 6.20. The highest BCUT2D eigenvalue weighted by Crippen LogP contribution is 2.20. The molecule has 0 saturated carbocycles. The van der Waals surface area contributed by atoms with E-state index in [4.69, 9.17) is 0 Å². The average Bonchev–Trinajstić information content (AvgIpc) is 2.73. The Balaban J connectivity index is 2.07. The minimum Gasteiger partial charge on any atom is -0.355 e. The fourth-order valence-electron chi connectivity index (χ4n) is 2.39. The van der Waals surface area contributed by atoms with E-state index in [0.717, 1.165) is 35.9 Å². The number of anilines is 1. The maximum absolute atomic E-state index is 4.64. The van der Waals surface area contributed by atoms with Gasteiger partial charge in [0.2, 0.25) is 0 Å². The van der Waals surface area contributed by atoms with E-state index in [-0.39, 0.29) is 0 Å². The zero-order valence-corrected chi connectivity index (χ0v) is 10.3. The molecule has 0 N–H and O–H groups in total. The van der Waals surface area contributed by atoms with Crippen LogP contribution in [0.25, 0.3) is 5.65 Å². The molecule has 1 aliphatic heterocycles. The molecule has 0 atom stereocenters. The van der Waals surface area contributed by atoms with E-state index in [1.165, 1.54) is 19.3 Å². The summed E-state index contributed by atoms with van der Waals surface area (Å²) >= 11 is 0. The fraction of sp³-hybridized carbons (Fsp3) is 0.583. The number of aryl methyl sites for hydroxylation is 2. The molecule has 0 bridgehead atoms. The molecule has 3 heterocycles. The first-order chi connectivity index (χ1) is 8.25. The number of fused-ring (bicyclic) bond motifs is 1. The van der Waals surface area contributed by atoms with Crippen molar-refractivity contribution in [2.75, 3.05) is 18.0 Å². The molecular weight excluding hydrogens is 214 g/mol. The van der Waals surface area contributed by atoms with Gasteiger partial charge in [0.15, 0.2) is 11.5 Å². The van der Waals surface area contributed by atoms with E-state index in [1.54, 1.807) is 0 Å². The smallest absolute Gasteiger partial charge is 0.180 e. The van der Waals surface area contributed by atoms with Crippen molar-refractivity contribution in [1.82, 2.24) is 19.8 Å². The van der Waals surface area contributed by atoms with Crippen LogP contribution in [0.15, 0.2) is 6.07 Å². The Hall–Kier alpha value is -1.65. The van der Waals surface area contributed by atoms with Crippen molar-refractivity contribution in [3.05, 3.63) is 17.5 Å². The van der Waals surface area contributed by atoms with E-state index in [9.17, 15) is 0 Å². The number of rotatable bonds is 1. The second-order valence-corrected chi connectivity index (χ2v) is 4.72. The van der Waals surface area contributed by atoms with Crippen LogP contribution in [0, 0.1) is 13.8 Å². The second kappa shape index (κ2) is 3.98. The third-order valence-electron chi connectivity index (χ3n) is 3.38. The van der Waals surface area contributed by atoms with Gasteiger partial charge in [-0.3, -0.25) is 0 Å². The minimum atomic E-state index is 0.849. The van der Waals surface area contributed by atoms with Gasteiger partial charge in [-0.05, 0) is 44.7 Å². The van der Waals surface area contributed by atoms with Gasteiger partial charge in [0.1, 0.15) is 5.82 Å². The molecule has 3 rings (SSSR count). The van der Waals surface area contributed by atoms with Gasteiger partial charge in [-0.15, -0.1) is 15.3 Å². The van der Waals surface area contributed by atoms with Crippen LogP contribution in [-0.2, 0) is 0 Å². The Bertz CT molecular complexity index is 539. The normalized spacial score (nSPS) is 16.7. The molecule has 5 nitrogen and oxygen atoms in total. The molecule has 0 unspecified atom stereocenters. The molecule has 17 heavy (non-hydrogen) atoms. The monoisotopic (exact) mass is 231 g/mol. The van der Waals surface area contributed by atoms with Gasteiger partial charge in [0.05, 0.1) is 0 Å². The van der Waals surface area contributed by atoms with Crippen LogP contribution >= 0.6 is 0 Å². The van der Waals surface area contributed by atoms with Gasteiger partial charge in [-0.1, -0.05) is 0 Å². The third kappa shape index (κ3) is 1.75. The predicted octanol–water partition coefficient (Wildman–Crippen LogP) is 1.73. The molecule has 0 aliphatic carbocycles. The molecule has 0 spiro atoms. The van der Waals surface area contributed by atoms with E-state index in [1.807, 2.05) is 11.4 Å². The Labute approximate surface area is 100 Å². The van der Waals surface area contributed by atoms with Crippen LogP contribution in [0.5, 0.6) is 0 Å². The van der Waals surface area contributed by atoms with Gasteiger partial charge in [0, 0.05) is 13.1 Å². The summed E-state index contributed by atoms with van der Waals surface area (Å²) < 4.78 is 1.85. The lowest BCUT2D eigenvalue weighted by Crippen LogP contribution is -2.30. The van der Waals surface area contributed by atoms with Gasteiger partial charge in [-0.2, -0.15) is 4.52 Å². The van der Waals surface area contributed by atoms with Gasteiger partial charge in [-0.25, -0.2) is 0 Å². The highest BCUT2D eigenvalue weighted by atomic mass is 15.4. The highest BCUT2D eigenvalue weighted by Gasteiger charge is 2.15. The average molecular weight is 231 g/mol. The summed E-state index contributed by atoms with van der Waals surface area (Å²) in [5, 5.41) is 12.8. The van der Waals surface area contributed by atoms with Gasteiger partial charge < -0.3 is 4.90 Å². The fourth-order valence-corrected chi connectivity index (χ4v) is 2.39. The summed E-state index contributed by atoms with van der Waals surface area (Å²) in [6, 6.07) is 2.12. The summed E-state index contributed by atoms with van der Waals surface area (Å²) in [6.07, 6.45) is 3.86. The molecular formula is C12H17N5. The first-order valence-electron chi connectivity index (χ1n) is 6.20. The van der Waals surface area contributed by atoms with Crippen LogP contribution in [0.3, 0.4) is 0 Å². The maximum Gasteiger partial charge on any atom is 0.180 e. The first kappa shape index (κ1) is 10.5. The summed E-state index contributed by atoms with van der Waals surface area (Å²) in [7, 11) is 0. The number of hydrogen-bond donors (Lipinski definition) is 0. The molecule has 0 radical (unpaired) electrons. The number of hydrogen-bond acceptors (Lipinski definition) is 4. The number of piperidine rings is 1. The zero-order chi connectivity index (χ0) is 11.8. The molecule has 5 heteroatoms.